The molecule has 2 rings (SSSR count). The van der Waals surface area contributed by atoms with Gasteiger partial charge in [-0.15, -0.1) is 11.3 Å². The van der Waals surface area contributed by atoms with Crippen LogP contribution in [0.25, 0.3) is 0 Å². The highest BCUT2D eigenvalue weighted by atomic mass is 32.1. The first-order valence-electron chi connectivity index (χ1n) is 5.55. The molecule has 0 aliphatic carbocycles. The summed E-state index contributed by atoms with van der Waals surface area (Å²) in [6, 6.07) is 0.495. The lowest BCUT2D eigenvalue weighted by molar-refractivity contribution is 0.128. The Morgan fingerprint density at radius 1 is 1.67 bits per heavy atom. The molecule has 84 valence electrons. The van der Waals surface area contributed by atoms with E-state index in [4.69, 9.17) is 5.73 Å². The first-order valence-corrected chi connectivity index (χ1v) is 6.36. The van der Waals surface area contributed by atoms with Crippen molar-refractivity contribution in [3.63, 3.8) is 0 Å². The maximum Gasteiger partial charge on any atom is 0.0897 e. The molecule has 1 saturated heterocycles. The van der Waals surface area contributed by atoms with Crippen molar-refractivity contribution >= 4 is 11.3 Å². The molecule has 0 saturated carbocycles. The number of nitrogens with zero attached hydrogens (tertiary/aromatic N) is 2. The Kier molecular flexibility index (Phi) is 3.38. The van der Waals surface area contributed by atoms with Gasteiger partial charge in [-0.3, -0.25) is 4.90 Å². The maximum absolute atomic E-state index is 5.86. The molecule has 1 aromatic rings. The topological polar surface area (TPSA) is 42.1 Å². The zero-order chi connectivity index (χ0) is 10.8. The number of rotatable bonds is 2. The third-order valence-corrected chi connectivity index (χ3v) is 4.22. The molecule has 1 aromatic heterocycles. The lowest BCUT2D eigenvalue weighted by atomic mass is 9.89. The normalized spacial score (nSPS) is 28.2. The average Bonchev–Trinajstić information content (AvgIpc) is 2.64. The Labute approximate surface area is 95.3 Å². The molecule has 1 aliphatic rings. The molecule has 3 nitrogen and oxygen atoms in total. The van der Waals surface area contributed by atoms with Crippen LogP contribution in [0.4, 0.5) is 0 Å². The predicted molar refractivity (Wildman–Crippen MR) is 64.0 cm³/mol. The second-order valence-corrected chi connectivity index (χ2v) is 5.61. The van der Waals surface area contributed by atoms with E-state index in [1.54, 1.807) is 0 Å². The zero-order valence-corrected chi connectivity index (χ0v) is 10.3. The van der Waals surface area contributed by atoms with E-state index in [1.165, 1.54) is 24.3 Å². The highest BCUT2D eigenvalue weighted by Crippen LogP contribution is 2.36. The molecular formula is C11H19N3S. The first-order chi connectivity index (χ1) is 7.22. The molecule has 4 heteroatoms. The number of aryl methyl sites for hydroxylation is 1. The van der Waals surface area contributed by atoms with E-state index in [-0.39, 0.29) is 0 Å². The molecule has 0 amide bonds. The summed E-state index contributed by atoms with van der Waals surface area (Å²) in [6.07, 6.45) is 4.55. The molecule has 2 N–H and O–H groups in total. The van der Waals surface area contributed by atoms with E-state index < -0.39 is 0 Å². The van der Waals surface area contributed by atoms with Crippen molar-refractivity contribution in [2.24, 2.45) is 11.7 Å². The summed E-state index contributed by atoms with van der Waals surface area (Å²) in [5, 5.41) is 1.15. The van der Waals surface area contributed by atoms with E-state index in [0.717, 1.165) is 11.6 Å². The van der Waals surface area contributed by atoms with Gasteiger partial charge in [0.05, 0.1) is 5.01 Å². The van der Waals surface area contributed by atoms with Gasteiger partial charge < -0.3 is 5.73 Å². The third-order valence-electron chi connectivity index (χ3n) is 3.24. The van der Waals surface area contributed by atoms with E-state index in [0.29, 0.717) is 12.0 Å². The van der Waals surface area contributed by atoms with Crippen LogP contribution in [0.3, 0.4) is 0 Å². The molecule has 1 fully saturated rings. The molecular weight excluding hydrogens is 206 g/mol. The number of likely N-dealkylation sites (tertiary alicyclic amines) is 1. The average molecular weight is 225 g/mol. The Hall–Kier alpha value is -0.450. The summed E-state index contributed by atoms with van der Waals surface area (Å²) in [5.41, 5.74) is 5.86. The van der Waals surface area contributed by atoms with E-state index in [9.17, 15) is 0 Å². The van der Waals surface area contributed by atoms with Gasteiger partial charge in [-0.05, 0) is 45.8 Å². The van der Waals surface area contributed by atoms with Gasteiger partial charge in [0, 0.05) is 17.1 Å². The van der Waals surface area contributed by atoms with E-state index >= 15 is 0 Å². The minimum atomic E-state index is 0.495. The molecule has 0 aromatic carbocycles. The van der Waals surface area contributed by atoms with Gasteiger partial charge >= 0.3 is 0 Å². The third kappa shape index (κ3) is 2.22. The van der Waals surface area contributed by atoms with Crippen molar-refractivity contribution in [1.82, 2.24) is 9.88 Å². The first kappa shape index (κ1) is 11.0. The largest absolute Gasteiger partial charge is 0.330 e. The minimum absolute atomic E-state index is 0.495. The fourth-order valence-electron chi connectivity index (χ4n) is 2.47. The zero-order valence-electron chi connectivity index (χ0n) is 9.44. The van der Waals surface area contributed by atoms with Crippen LogP contribution >= 0.6 is 11.3 Å². The smallest absolute Gasteiger partial charge is 0.0897 e. The molecule has 1 aliphatic heterocycles. The number of thiazole rings is 1. The van der Waals surface area contributed by atoms with Crippen molar-refractivity contribution in [3.05, 3.63) is 16.1 Å². The molecule has 15 heavy (non-hydrogen) atoms. The molecule has 0 bridgehead atoms. The Morgan fingerprint density at radius 3 is 3.07 bits per heavy atom. The summed E-state index contributed by atoms with van der Waals surface area (Å²) >= 11 is 1.81. The number of hydrogen-bond acceptors (Lipinski definition) is 4. The van der Waals surface area contributed by atoms with Crippen LogP contribution in [0.2, 0.25) is 0 Å². The van der Waals surface area contributed by atoms with Crippen molar-refractivity contribution in [3.8, 4) is 0 Å². The van der Waals surface area contributed by atoms with Gasteiger partial charge in [0.2, 0.25) is 0 Å². The molecule has 2 heterocycles. The van der Waals surface area contributed by atoms with Crippen molar-refractivity contribution in [1.29, 1.82) is 0 Å². The molecule has 0 radical (unpaired) electrons. The van der Waals surface area contributed by atoms with Gasteiger partial charge in [-0.1, -0.05) is 0 Å². The molecule has 0 spiro atoms. The van der Waals surface area contributed by atoms with Crippen LogP contribution in [0.5, 0.6) is 0 Å². The van der Waals surface area contributed by atoms with Crippen LogP contribution in [-0.2, 0) is 0 Å². The maximum atomic E-state index is 5.86. The van der Waals surface area contributed by atoms with Crippen LogP contribution in [0.1, 0.15) is 28.8 Å². The van der Waals surface area contributed by atoms with E-state index in [2.05, 4.69) is 23.9 Å². The Bertz CT molecular complexity index is 323. The van der Waals surface area contributed by atoms with Gasteiger partial charge in [0.25, 0.3) is 0 Å². The van der Waals surface area contributed by atoms with Crippen LogP contribution in [0, 0.1) is 12.8 Å². The number of hydrogen-bond donors (Lipinski definition) is 1. The number of aromatic nitrogens is 1. The van der Waals surface area contributed by atoms with Crippen LogP contribution < -0.4 is 5.73 Å². The highest BCUT2D eigenvalue weighted by Gasteiger charge is 2.30. The summed E-state index contributed by atoms with van der Waals surface area (Å²) in [7, 11) is 2.20. The standard InChI is InChI=1S/C11H19N3S/c1-8-13-7-10(15-8)11-9(6-12)4-3-5-14(11)2/h7,9,11H,3-6,12H2,1-2H3/t9-,11+/m1/s1. The minimum Gasteiger partial charge on any atom is -0.330 e. The highest BCUT2D eigenvalue weighted by molar-refractivity contribution is 7.11. The Morgan fingerprint density at radius 2 is 2.47 bits per heavy atom. The fourth-order valence-corrected chi connectivity index (χ4v) is 3.52. The van der Waals surface area contributed by atoms with Crippen molar-refractivity contribution in [2.45, 2.75) is 25.8 Å². The van der Waals surface area contributed by atoms with Gasteiger partial charge in [0.15, 0.2) is 0 Å². The summed E-state index contributed by atoms with van der Waals surface area (Å²) in [5.74, 6) is 0.601. The van der Waals surface area contributed by atoms with Crippen molar-refractivity contribution in [2.75, 3.05) is 20.1 Å². The van der Waals surface area contributed by atoms with Gasteiger partial charge in [-0.2, -0.15) is 0 Å². The second kappa shape index (κ2) is 4.60. The van der Waals surface area contributed by atoms with E-state index in [1.807, 2.05) is 17.5 Å². The second-order valence-electron chi connectivity index (χ2n) is 4.35. The van der Waals surface area contributed by atoms with Crippen LogP contribution in [-0.4, -0.2) is 30.0 Å². The quantitative estimate of drug-likeness (QED) is 0.834. The summed E-state index contributed by atoms with van der Waals surface area (Å²) in [4.78, 5) is 8.15. The van der Waals surface area contributed by atoms with Gasteiger partial charge in [-0.25, -0.2) is 4.98 Å². The van der Waals surface area contributed by atoms with Crippen LogP contribution in [0.15, 0.2) is 6.20 Å². The van der Waals surface area contributed by atoms with Gasteiger partial charge in [0.1, 0.15) is 0 Å². The monoisotopic (exact) mass is 225 g/mol. The Balaban J connectivity index is 2.22. The summed E-state index contributed by atoms with van der Waals surface area (Å²) in [6.45, 7) is 4.03. The molecule has 2 atom stereocenters. The predicted octanol–water partition coefficient (Wildman–Crippen LogP) is 1.79. The number of nitrogens with two attached hydrogens (primary N) is 1. The molecule has 0 unspecified atom stereocenters. The SMILES string of the molecule is Cc1ncc([C@@H]2[C@@H](CN)CCCN2C)s1. The number of piperidine rings is 1. The lowest BCUT2D eigenvalue weighted by Crippen LogP contribution is -2.38. The summed E-state index contributed by atoms with van der Waals surface area (Å²) < 4.78 is 0. The fraction of sp³-hybridized carbons (Fsp3) is 0.727. The van der Waals surface area contributed by atoms with Crippen molar-refractivity contribution < 1.29 is 0 Å². The lowest BCUT2D eigenvalue weighted by Gasteiger charge is -2.37.